The molecule has 0 aromatic heterocycles. The SMILES string of the molecule is Cc1cc(N2Cc3ccccc3C2=O)ccc1OC#N. The monoisotopic (exact) mass is 264 g/mol. The van der Waals surface area contributed by atoms with Gasteiger partial charge in [0.15, 0.2) is 0 Å². The second-order valence-electron chi connectivity index (χ2n) is 4.69. The van der Waals surface area contributed by atoms with Crippen LogP contribution in [-0.2, 0) is 6.54 Å². The van der Waals surface area contributed by atoms with E-state index in [0.717, 1.165) is 22.4 Å². The van der Waals surface area contributed by atoms with Crippen molar-refractivity contribution in [2.45, 2.75) is 13.5 Å². The molecular formula is C16H12N2O2. The number of amides is 1. The Hall–Kier alpha value is -2.80. The Morgan fingerprint density at radius 2 is 2.05 bits per heavy atom. The van der Waals surface area contributed by atoms with E-state index in [2.05, 4.69) is 0 Å². The third-order valence-electron chi connectivity index (χ3n) is 3.45. The number of nitrogens with zero attached hydrogens (tertiary/aromatic N) is 2. The lowest BCUT2D eigenvalue weighted by atomic mass is 10.1. The van der Waals surface area contributed by atoms with Crippen LogP contribution >= 0.6 is 0 Å². The van der Waals surface area contributed by atoms with E-state index in [9.17, 15) is 4.79 Å². The molecule has 1 aliphatic rings. The van der Waals surface area contributed by atoms with E-state index in [4.69, 9.17) is 10.00 Å². The minimum absolute atomic E-state index is 0.00829. The number of carbonyl (C=O) groups is 1. The van der Waals surface area contributed by atoms with Crippen LogP contribution in [0.3, 0.4) is 0 Å². The average molecular weight is 264 g/mol. The van der Waals surface area contributed by atoms with Gasteiger partial charge in [-0.25, -0.2) is 0 Å². The van der Waals surface area contributed by atoms with Gasteiger partial charge in [-0.3, -0.25) is 4.79 Å². The lowest BCUT2D eigenvalue weighted by Crippen LogP contribution is -2.22. The lowest BCUT2D eigenvalue weighted by molar-refractivity contribution is 0.0996. The summed E-state index contributed by atoms with van der Waals surface area (Å²) in [5.41, 5.74) is 3.43. The molecule has 3 rings (SSSR count). The van der Waals surface area contributed by atoms with Crippen LogP contribution in [0.1, 0.15) is 21.5 Å². The number of rotatable bonds is 2. The van der Waals surface area contributed by atoms with Gasteiger partial charge in [0.25, 0.3) is 12.2 Å². The highest BCUT2D eigenvalue weighted by Gasteiger charge is 2.28. The first-order valence-corrected chi connectivity index (χ1v) is 6.27. The van der Waals surface area contributed by atoms with Crippen molar-refractivity contribution in [3.05, 3.63) is 59.2 Å². The van der Waals surface area contributed by atoms with Gasteiger partial charge < -0.3 is 9.64 Å². The first kappa shape index (κ1) is 12.2. The number of benzene rings is 2. The zero-order chi connectivity index (χ0) is 14.1. The van der Waals surface area contributed by atoms with Crippen LogP contribution < -0.4 is 9.64 Å². The molecule has 0 atom stereocenters. The van der Waals surface area contributed by atoms with E-state index in [0.29, 0.717) is 12.3 Å². The normalized spacial score (nSPS) is 13.0. The zero-order valence-electron chi connectivity index (χ0n) is 11.0. The molecule has 2 aromatic carbocycles. The van der Waals surface area contributed by atoms with Crippen molar-refractivity contribution >= 4 is 11.6 Å². The molecular weight excluding hydrogens is 252 g/mol. The number of hydrogen-bond donors (Lipinski definition) is 0. The number of nitriles is 1. The molecule has 98 valence electrons. The summed E-state index contributed by atoms with van der Waals surface area (Å²) < 4.78 is 4.85. The van der Waals surface area contributed by atoms with E-state index < -0.39 is 0 Å². The van der Waals surface area contributed by atoms with Gasteiger partial charge in [-0.15, -0.1) is 5.26 Å². The summed E-state index contributed by atoms with van der Waals surface area (Å²) >= 11 is 0. The number of anilines is 1. The van der Waals surface area contributed by atoms with Crippen molar-refractivity contribution in [1.82, 2.24) is 0 Å². The Kier molecular flexibility index (Phi) is 2.88. The van der Waals surface area contributed by atoms with Gasteiger partial charge in [-0.05, 0) is 42.3 Å². The fraction of sp³-hybridized carbons (Fsp3) is 0.125. The molecule has 0 saturated carbocycles. The van der Waals surface area contributed by atoms with E-state index in [1.54, 1.807) is 23.3 Å². The van der Waals surface area contributed by atoms with Gasteiger partial charge in [0, 0.05) is 11.3 Å². The van der Waals surface area contributed by atoms with Gasteiger partial charge in [-0.2, -0.15) is 0 Å². The number of carbonyl (C=O) groups excluding carboxylic acids is 1. The maximum absolute atomic E-state index is 12.4. The predicted octanol–water partition coefficient (Wildman–Crippen LogP) is 3.02. The molecule has 0 saturated heterocycles. The Balaban J connectivity index is 1.95. The van der Waals surface area contributed by atoms with Crippen molar-refractivity contribution in [2.75, 3.05) is 4.90 Å². The molecule has 0 spiro atoms. The van der Waals surface area contributed by atoms with Crippen LogP contribution in [0.5, 0.6) is 5.75 Å². The van der Waals surface area contributed by atoms with Crippen molar-refractivity contribution in [1.29, 1.82) is 5.26 Å². The van der Waals surface area contributed by atoms with Crippen LogP contribution in [0, 0.1) is 18.4 Å². The van der Waals surface area contributed by atoms with Crippen LogP contribution in [0.25, 0.3) is 0 Å². The van der Waals surface area contributed by atoms with E-state index in [-0.39, 0.29) is 5.91 Å². The highest BCUT2D eigenvalue weighted by atomic mass is 16.5. The molecule has 4 nitrogen and oxygen atoms in total. The zero-order valence-corrected chi connectivity index (χ0v) is 11.0. The maximum Gasteiger partial charge on any atom is 0.292 e. The van der Waals surface area contributed by atoms with Crippen LogP contribution in [-0.4, -0.2) is 5.91 Å². The molecule has 20 heavy (non-hydrogen) atoms. The van der Waals surface area contributed by atoms with Gasteiger partial charge >= 0.3 is 0 Å². The molecule has 0 N–H and O–H groups in total. The molecule has 2 aromatic rings. The molecule has 0 unspecified atom stereocenters. The van der Waals surface area contributed by atoms with E-state index >= 15 is 0 Å². The fourth-order valence-electron chi connectivity index (χ4n) is 2.43. The number of ether oxygens (including phenoxy) is 1. The molecule has 0 aliphatic carbocycles. The second kappa shape index (κ2) is 4.71. The van der Waals surface area contributed by atoms with Crippen molar-refractivity contribution in [2.24, 2.45) is 0 Å². The smallest absolute Gasteiger partial charge is 0.292 e. The largest absolute Gasteiger partial charge is 0.388 e. The highest BCUT2D eigenvalue weighted by molar-refractivity contribution is 6.10. The summed E-state index contributed by atoms with van der Waals surface area (Å²) in [5.74, 6) is 0.523. The number of aryl methyl sites for hydroxylation is 1. The summed E-state index contributed by atoms with van der Waals surface area (Å²) in [6, 6.07) is 13.0. The summed E-state index contributed by atoms with van der Waals surface area (Å²) in [4.78, 5) is 14.1. The second-order valence-corrected chi connectivity index (χ2v) is 4.69. The summed E-state index contributed by atoms with van der Waals surface area (Å²) in [6.45, 7) is 2.43. The molecule has 1 aliphatic heterocycles. The quantitative estimate of drug-likeness (QED) is 0.783. The van der Waals surface area contributed by atoms with Crippen molar-refractivity contribution in [3.8, 4) is 12.0 Å². The summed E-state index contributed by atoms with van der Waals surface area (Å²) in [5, 5.41) is 8.55. The van der Waals surface area contributed by atoms with Gasteiger partial charge in [0.1, 0.15) is 5.75 Å². The van der Waals surface area contributed by atoms with E-state index in [1.165, 1.54) is 0 Å². The molecule has 0 fully saturated rings. The minimum atomic E-state index is 0.00829. The molecule has 0 bridgehead atoms. The maximum atomic E-state index is 12.4. The Morgan fingerprint density at radius 3 is 2.75 bits per heavy atom. The number of fused-ring (bicyclic) bond motifs is 1. The lowest BCUT2D eigenvalue weighted by Gasteiger charge is -2.17. The standard InChI is InChI=1S/C16H12N2O2/c1-11-8-13(6-7-15(11)20-10-17)18-9-12-4-2-3-5-14(12)16(18)19/h2-8H,9H2,1H3. The highest BCUT2D eigenvalue weighted by Crippen LogP contribution is 2.31. The average Bonchev–Trinajstić information content (AvgIpc) is 2.79. The molecule has 0 radical (unpaired) electrons. The van der Waals surface area contributed by atoms with Gasteiger partial charge in [0.2, 0.25) is 0 Å². The van der Waals surface area contributed by atoms with Gasteiger partial charge in [0.05, 0.1) is 6.54 Å². The molecule has 4 heteroatoms. The van der Waals surface area contributed by atoms with Crippen LogP contribution in [0.15, 0.2) is 42.5 Å². The van der Waals surface area contributed by atoms with Gasteiger partial charge in [-0.1, -0.05) is 18.2 Å². The summed E-state index contributed by atoms with van der Waals surface area (Å²) in [7, 11) is 0. The third-order valence-corrected chi connectivity index (χ3v) is 3.45. The Bertz CT molecular complexity index is 731. The predicted molar refractivity (Wildman–Crippen MR) is 74.4 cm³/mol. The topological polar surface area (TPSA) is 53.3 Å². The third kappa shape index (κ3) is 1.90. The Labute approximate surface area is 116 Å². The van der Waals surface area contributed by atoms with Crippen LogP contribution in [0.2, 0.25) is 0 Å². The minimum Gasteiger partial charge on any atom is -0.388 e. The Morgan fingerprint density at radius 1 is 1.25 bits per heavy atom. The van der Waals surface area contributed by atoms with Crippen LogP contribution in [0.4, 0.5) is 5.69 Å². The fourth-order valence-corrected chi connectivity index (χ4v) is 2.43. The molecule has 1 heterocycles. The summed E-state index contributed by atoms with van der Waals surface area (Å²) in [6.07, 6.45) is 1.66. The van der Waals surface area contributed by atoms with E-state index in [1.807, 2.05) is 37.3 Å². The molecule has 1 amide bonds. The van der Waals surface area contributed by atoms with Crippen molar-refractivity contribution < 1.29 is 9.53 Å². The van der Waals surface area contributed by atoms with Crippen molar-refractivity contribution in [3.63, 3.8) is 0 Å². The first-order valence-electron chi connectivity index (χ1n) is 6.27. The number of hydrogen-bond acceptors (Lipinski definition) is 3. The first-order chi connectivity index (χ1) is 9.70.